The van der Waals surface area contributed by atoms with E-state index in [0.29, 0.717) is 6.07 Å². The van der Waals surface area contributed by atoms with Crippen molar-refractivity contribution in [2.24, 2.45) is 0 Å². The average molecular weight is 252 g/mol. The molecule has 3 nitrogen and oxygen atoms in total. The van der Waals surface area contributed by atoms with Crippen LogP contribution in [0, 0.1) is 17.5 Å². The van der Waals surface area contributed by atoms with Crippen molar-refractivity contribution in [2.45, 2.75) is 6.92 Å². The van der Waals surface area contributed by atoms with Gasteiger partial charge in [0.1, 0.15) is 0 Å². The van der Waals surface area contributed by atoms with E-state index in [9.17, 15) is 22.8 Å². The number of benzene rings is 1. The Hall–Kier alpha value is -1.56. The first-order valence-corrected chi connectivity index (χ1v) is 4.37. The van der Waals surface area contributed by atoms with Crippen LogP contribution in [-0.4, -0.2) is 11.1 Å². The van der Waals surface area contributed by atoms with Gasteiger partial charge < -0.3 is 5.32 Å². The van der Waals surface area contributed by atoms with Crippen molar-refractivity contribution < 1.29 is 22.8 Å². The highest BCUT2D eigenvalue weighted by atomic mass is 35.5. The largest absolute Gasteiger partial charge is 0.324 e. The van der Waals surface area contributed by atoms with Crippen LogP contribution < -0.4 is 5.32 Å². The number of hydrogen-bond acceptors (Lipinski definition) is 2. The Morgan fingerprint density at radius 2 is 1.75 bits per heavy atom. The van der Waals surface area contributed by atoms with Gasteiger partial charge in [0.05, 0.1) is 11.3 Å². The minimum atomic E-state index is -1.87. The smallest absolute Gasteiger partial charge is 0.255 e. The third-order valence-corrected chi connectivity index (χ3v) is 1.87. The molecule has 1 rings (SSSR count). The van der Waals surface area contributed by atoms with Gasteiger partial charge in [-0.3, -0.25) is 9.59 Å². The van der Waals surface area contributed by atoms with Gasteiger partial charge in [-0.05, 0) is 17.7 Å². The van der Waals surface area contributed by atoms with E-state index in [0.717, 1.165) is 6.92 Å². The van der Waals surface area contributed by atoms with Gasteiger partial charge in [-0.25, -0.2) is 13.2 Å². The summed E-state index contributed by atoms with van der Waals surface area (Å²) in [6, 6.07) is 0.629. The van der Waals surface area contributed by atoms with E-state index in [1.165, 1.54) is 0 Å². The summed E-state index contributed by atoms with van der Waals surface area (Å²) in [6.07, 6.45) is 0. The number of halogens is 4. The molecule has 86 valence electrons. The standard InChI is InChI=1S/C9H5ClF3NO2/c1-3(15)14-5-2-4(9(10)16)6(11)8(13)7(5)12/h2H,1H3,(H,14,15). The van der Waals surface area contributed by atoms with E-state index in [-0.39, 0.29) is 0 Å². The predicted molar refractivity (Wildman–Crippen MR) is 50.8 cm³/mol. The first-order valence-electron chi connectivity index (χ1n) is 3.99. The maximum absolute atomic E-state index is 13.1. The SMILES string of the molecule is CC(=O)Nc1cc(C(=O)Cl)c(F)c(F)c1F. The van der Waals surface area contributed by atoms with Gasteiger partial charge in [0.2, 0.25) is 5.91 Å². The molecule has 0 aromatic heterocycles. The van der Waals surface area contributed by atoms with Crippen molar-refractivity contribution in [3.8, 4) is 0 Å². The van der Waals surface area contributed by atoms with Crippen molar-refractivity contribution in [3.63, 3.8) is 0 Å². The van der Waals surface area contributed by atoms with Gasteiger partial charge in [0.25, 0.3) is 5.24 Å². The molecule has 0 heterocycles. The second kappa shape index (κ2) is 4.52. The van der Waals surface area contributed by atoms with Crippen molar-refractivity contribution in [2.75, 3.05) is 5.32 Å². The Kier molecular flexibility index (Phi) is 3.54. The number of hydrogen-bond donors (Lipinski definition) is 1. The minimum Gasteiger partial charge on any atom is -0.324 e. The zero-order chi connectivity index (χ0) is 12.5. The number of carbonyl (C=O) groups excluding carboxylic acids is 2. The fraction of sp³-hybridized carbons (Fsp3) is 0.111. The summed E-state index contributed by atoms with van der Waals surface area (Å²) in [6.45, 7) is 1.04. The molecule has 0 unspecified atom stereocenters. The molecular weight excluding hydrogens is 247 g/mol. The molecule has 1 aromatic carbocycles. The maximum atomic E-state index is 13.1. The molecule has 0 aliphatic heterocycles. The second-order valence-corrected chi connectivity index (χ2v) is 3.21. The summed E-state index contributed by atoms with van der Waals surface area (Å²) in [4.78, 5) is 21.3. The molecule has 0 aliphatic rings. The van der Waals surface area contributed by atoms with E-state index >= 15 is 0 Å². The van der Waals surface area contributed by atoms with Crippen LogP contribution in [0.2, 0.25) is 0 Å². The van der Waals surface area contributed by atoms with Crippen molar-refractivity contribution in [1.82, 2.24) is 0 Å². The molecule has 0 spiro atoms. The summed E-state index contributed by atoms with van der Waals surface area (Å²) in [5.41, 5.74) is -1.49. The molecule has 0 radical (unpaired) electrons. The Balaban J connectivity index is 3.40. The normalized spacial score (nSPS) is 10.1. The lowest BCUT2D eigenvalue weighted by atomic mass is 10.2. The van der Waals surface area contributed by atoms with E-state index in [1.807, 2.05) is 5.32 Å². The van der Waals surface area contributed by atoms with Crippen LogP contribution in [0.3, 0.4) is 0 Å². The lowest BCUT2D eigenvalue weighted by Gasteiger charge is -2.07. The van der Waals surface area contributed by atoms with Gasteiger partial charge in [-0.1, -0.05) is 0 Å². The lowest BCUT2D eigenvalue weighted by molar-refractivity contribution is -0.114. The number of rotatable bonds is 2. The lowest BCUT2D eigenvalue weighted by Crippen LogP contribution is -2.11. The number of nitrogens with one attached hydrogen (secondary N) is 1. The monoisotopic (exact) mass is 251 g/mol. The van der Waals surface area contributed by atoms with E-state index < -0.39 is 39.9 Å². The maximum Gasteiger partial charge on any atom is 0.255 e. The van der Waals surface area contributed by atoms with Gasteiger partial charge >= 0.3 is 0 Å². The first kappa shape index (κ1) is 12.5. The minimum absolute atomic E-state index is 0.629. The molecule has 0 aliphatic carbocycles. The van der Waals surface area contributed by atoms with E-state index in [4.69, 9.17) is 11.6 Å². The highest BCUT2D eigenvalue weighted by molar-refractivity contribution is 6.67. The molecule has 16 heavy (non-hydrogen) atoms. The molecule has 1 amide bonds. The molecule has 0 saturated carbocycles. The Morgan fingerprint density at radius 1 is 1.19 bits per heavy atom. The summed E-state index contributed by atoms with van der Waals surface area (Å²) in [5, 5.41) is 0.616. The highest BCUT2D eigenvalue weighted by Crippen LogP contribution is 2.24. The molecular formula is C9H5ClF3NO2. The fourth-order valence-electron chi connectivity index (χ4n) is 1.03. The van der Waals surface area contributed by atoms with Gasteiger partial charge in [0, 0.05) is 6.92 Å². The van der Waals surface area contributed by atoms with Crippen LogP contribution in [0.1, 0.15) is 17.3 Å². The zero-order valence-electron chi connectivity index (χ0n) is 7.91. The van der Waals surface area contributed by atoms with Gasteiger partial charge in [0.15, 0.2) is 17.5 Å². The molecule has 1 N–H and O–H groups in total. The fourth-order valence-corrected chi connectivity index (χ4v) is 1.17. The zero-order valence-corrected chi connectivity index (χ0v) is 8.66. The second-order valence-electron chi connectivity index (χ2n) is 2.87. The summed E-state index contributed by atoms with van der Waals surface area (Å²) in [7, 11) is 0. The van der Waals surface area contributed by atoms with Crippen LogP contribution in [0.5, 0.6) is 0 Å². The number of carbonyl (C=O) groups is 2. The molecule has 0 atom stereocenters. The van der Waals surface area contributed by atoms with Crippen LogP contribution in [0.25, 0.3) is 0 Å². The first-order chi connectivity index (χ1) is 7.34. The van der Waals surface area contributed by atoms with Crippen LogP contribution in [0.15, 0.2) is 6.07 Å². The molecule has 0 saturated heterocycles. The van der Waals surface area contributed by atoms with Crippen LogP contribution >= 0.6 is 11.6 Å². The Morgan fingerprint density at radius 3 is 2.19 bits per heavy atom. The molecule has 0 bridgehead atoms. The molecule has 7 heteroatoms. The number of amides is 1. The Bertz CT molecular complexity index is 476. The predicted octanol–water partition coefficient (Wildman–Crippen LogP) is 2.44. The van der Waals surface area contributed by atoms with Crippen LogP contribution in [-0.2, 0) is 4.79 Å². The summed E-state index contributed by atoms with van der Waals surface area (Å²) >= 11 is 4.96. The summed E-state index contributed by atoms with van der Waals surface area (Å²) in [5.74, 6) is -5.84. The van der Waals surface area contributed by atoms with Crippen LogP contribution in [0.4, 0.5) is 18.9 Å². The Labute approximate surface area is 93.2 Å². The highest BCUT2D eigenvalue weighted by Gasteiger charge is 2.22. The van der Waals surface area contributed by atoms with E-state index in [1.54, 1.807) is 0 Å². The van der Waals surface area contributed by atoms with Crippen molar-refractivity contribution in [1.29, 1.82) is 0 Å². The topological polar surface area (TPSA) is 46.2 Å². The average Bonchev–Trinajstić information content (AvgIpc) is 2.18. The van der Waals surface area contributed by atoms with Crippen molar-refractivity contribution in [3.05, 3.63) is 29.1 Å². The summed E-state index contributed by atoms with van der Waals surface area (Å²) < 4.78 is 39.0. The quantitative estimate of drug-likeness (QED) is 0.648. The third kappa shape index (κ3) is 2.33. The van der Waals surface area contributed by atoms with Crippen molar-refractivity contribution >= 4 is 28.4 Å². The molecule has 1 aromatic rings. The number of anilines is 1. The third-order valence-electron chi connectivity index (χ3n) is 1.67. The van der Waals surface area contributed by atoms with Gasteiger partial charge in [-0.15, -0.1) is 0 Å². The van der Waals surface area contributed by atoms with Gasteiger partial charge in [-0.2, -0.15) is 0 Å². The van der Waals surface area contributed by atoms with E-state index in [2.05, 4.69) is 0 Å². The molecule has 0 fully saturated rings.